The average Bonchev–Trinajstić information content (AvgIpc) is 2.44. The van der Waals surface area contributed by atoms with Crippen LogP contribution in [0.2, 0.25) is 0 Å². The van der Waals surface area contributed by atoms with Gasteiger partial charge >= 0.3 is 0 Å². The number of carbonyl (C=O) groups is 1. The number of nitrogens with zero attached hydrogens (tertiary/aromatic N) is 1. The van der Waals surface area contributed by atoms with Crippen LogP contribution < -0.4 is 10.6 Å². The fourth-order valence-electron chi connectivity index (χ4n) is 2.27. The minimum atomic E-state index is -0.941. The SMILES string of the molecule is CNc1ncc(C(=O)NC(C)CS(C)=O)c2ccccc12. The molecular weight excluding hydrogens is 286 g/mol. The number of anilines is 1. The zero-order chi connectivity index (χ0) is 15.4. The lowest BCUT2D eigenvalue weighted by molar-refractivity contribution is 0.0945. The number of nitrogens with one attached hydrogen (secondary N) is 2. The van der Waals surface area contributed by atoms with Crippen LogP contribution in [0.25, 0.3) is 10.8 Å². The molecule has 0 saturated carbocycles. The summed E-state index contributed by atoms with van der Waals surface area (Å²) in [6, 6.07) is 7.48. The molecule has 0 saturated heterocycles. The van der Waals surface area contributed by atoms with Gasteiger partial charge in [0.2, 0.25) is 0 Å². The monoisotopic (exact) mass is 305 g/mol. The average molecular weight is 305 g/mol. The Morgan fingerprint density at radius 3 is 2.62 bits per heavy atom. The molecule has 0 aliphatic heterocycles. The number of hydrogen-bond acceptors (Lipinski definition) is 4. The maximum Gasteiger partial charge on any atom is 0.253 e. The van der Waals surface area contributed by atoms with Gasteiger partial charge in [-0.25, -0.2) is 4.98 Å². The van der Waals surface area contributed by atoms with Crippen molar-refractivity contribution in [3.8, 4) is 0 Å². The van der Waals surface area contributed by atoms with E-state index in [9.17, 15) is 9.00 Å². The highest BCUT2D eigenvalue weighted by atomic mass is 32.2. The minimum Gasteiger partial charge on any atom is -0.373 e. The van der Waals surface area contributed by atoms with E-state index >= 15 is 0 Å². The molecule has 0 bridgehead atoms. The van der Waals surface area contributed by atoms with Gasteiger partial charge in [-0.1, -0.05) is 24.3 Å². The number of aromatic nitrogens is 1. The Bertz CT molecular complexity index is 688. The lowest BCUT2D eigenvalue weighted by Gasteiger charge is -2.14. The van der Waals surface area contributed by atoms with Crippen molar-refractivity contribution < 1.29 is 9.00 Å². The summed E-state index contributed by atoms with van der Waals surface area (Å²) in [4.78, 5) is 16.7. The van der Waals surface area contributed by atoms with Crippen LogP contribution in [0.3, 0.4) is 0 Å². The first kappa shape index (κ1) is 15.4. The predicted octanol–water partition coefficient (Wildman–Crippen LogP) is 1.77. The molecule has 2 aromatic rings. The van der Waals surface area contributed by atoms with E-state index in [1.165, 1.54) is 0 Å². The molecule has 1 aromatic heterocycles. The third-order valence-corrected chi connectivity index (χ3v) is 4.11. The Kier molecular flexibility index (Phi) is 4.90. The van der Waals surface area contributed by atoms with E-state index in [4.69, 9.17) is 0 Å². The van der Waals surface area contributed by atoms with E-state index in [2.05, 4.69) is 15.6 Å². The standard InChI is InChI=1S/C15H19N3O2S/c1-10(9-21(3)20)18-15(19)13-8-17-14(16-2)12-7-5-4-6-11(12)13/h4-8,10H,9H2,1-3H3,(H,16,17)(H,18,19). The van der Waals surface area contributed by atoms with Gasteiger partial charge in [-0.15, -0.1) is 0 Å². The van der Waals surface area contributed by atoms with Crippen molar-refractivity contribution in [2.45, 2.75) is 13.0 Å². The van der Waals surface area contributed by atoms with Gasteiger partial charge in [-0.2, -0.15) is 0 Å². The van der Waals surface area contributed by atoms with E-state index in [1.807, 2.05) is 31.2 Å². The zero-order valence-electron chi connectivity index (χ0n) is 12.3. The fourth-order valence-corrected chi connectivity index (χ4v) is 3.06. The van der Waals surface area contributed by atoms with Gasteiger partial charge in [0, 0.05) is 47.5 Å². The summed E-state index contributed by atoms with van der Waals surface area (Å²) in [6.07, 6.45) is 3.19. The minimum absolute atomic E-state index is 0.147. The van der Waals surface area contributed by atoms with Crippen molar-refractivity contribution in [1.82, 2.24) is 10.3 Å². The van der Waals surface area contributed by atoms with Gasteiger partial charge in [0.1, 0.15) is 5.82 Å². The van der Waals surface area contributed by atoms with Crippen LogP contribution in [-0.2, 0) is 10.8 Å². The molecule has 21 heavy (non-hydrogen) atoms. The molecule has 112 valence electrons. The van der Waals surface area contributed by atoms with Crippen molar-refractivity contribution in [3.05, 3.63) is 36.0 Å². The van der Waals surface area contributed by atoms with Crippen LogP contribution in [-0.4, -0.2) is 40.2 Å². The summed E-state index contributed by atoms with van der Waals surface area (Å²) in [5, 5.41) is 7.63. The van der Waals surface area contributed by atoms with Crippen LogP contribution in [0, 0.1) is 0 Å². The number of rotatable bonds is 5. The Morgan fingerprint density at radius 1 is 1.33 bits per heavy atom. The van der Waals surface area contributed by atoms with Crippen LogP contribution in [0.5, 0.6) is 0 Å². The van der Waals surface area contributed by atoms with Gasteiger partial charge in [-0.05, 0) is 12.3 Å². The second-order valence-electron chi connectivity index (χ2n) is 4.93. The molecule has 0 fully saturated rings. The lowest BCUT2D eigenvalue weighted by atomic mass is 10.1. The molecule has 1 aromatic carbocycles. The van der Waals surface area contributed by atoms with Gasteiger partial charge in [0.25, 0.3) is 5.91 Å². The number of hydrogen-bond donors (Lipinski definition) is 2. The van der Waals surface area contributed by atoms with E-state index in [0.29, 0.717) is 11.3 Å². The molecule has 0 aliphatic rings. The number of carbonyl (C=O) groups excluding carboxylic acids is 1. The molecule has 0 radical (unpaired) electrons. The Labute approximate surface area is 126 Å². The third kappa shape index (κ3) is 3.58. The molecule has 6 heteroatoms. The van der Waals surface area contributed by atoms with Crippen LogP contribution in [0.1, 0.15) is 17.3 Å². The van der Waals surface area contributed by atoms with Gasteiger partial charge in [0.15, 0.2) is 0 Å². The summed E-state index contributed by atoms with van der Waals surface area (Å²) in [6.45, 7) is 1.84. The van der Waals surface area contributed by atoms with Crippen molar-refractivity contribution in [2.75, 3.05) is 24.4 Å². The van der Waals surface area contributed by atoms with Crippen LogP contribution >= 0.6 is 0 Å². The number of benzene rings is 1. The second kappa shape index (κ2) is 6.67. The molecule has 2 unspecified atom stereocenters. The molecule has 0 spiro atoms. The van der Waals surface area contributed by atoms with E-state index < -0.39 is 10.8 Å². The molecule has 2 atom stereocenters. The normalized spacial score (nSPS) is 13.7. The molecular formula is C15H19N3O2S. The van der Waals surface area contributed by atoms with Crippen molar-refractivity contribution in [1.29, 1.82) is 0 Å². The topological polar surface area (TPSA) is 71.1 Å². The number of fused-ring (bicyclic) bond motifs is 1. The van der Waals surface area contributed by atoms with Crippen molar-refractivity contribution in [2.24, 2.45) is 0 Å². The molecule has 5 nitrogen and oxygen atoms in total. The van der Waals surface area contributed by atoms with E-state index in [1.54, 1.807) is 19.5 Å². The summed E-state index contributed by atoms with van der Waals surface area (Å²) < 4.78 is 11.2. The predicted molar refractivity (Wildman–Crippen MR) is 87.2 cm³/mol. The first-order valence-corrected chi connectivity index (χ1v) is 8.42. The second-order valence-corrected chi connectivity index (χ2v) is 6.41. The third-order valence-electron chi connectivity index (χ3n) is 3.14. The summed E-state index contributed by atoms with van der Waals surface area (Å²) in [5.41, 5.74) is 0.526. The Hall–Kier alpha value is -1.95. The van der Waals surface area contributed by atoms with Gasteiger partial charge in [0.05, 0.1) is 5.56 Å². The molecule has 2 N–H and O–H groups in total. The highest BCUT2D eigenvalue weighted by molar-refractivity contribution is 7.84. The summed E-state index contributed by atoms with van der Waals surface area (Å²) >= 11 is 0. The molecule has 1 heterocycles. The first-order chi connectivity index (χ1) is 10.0. The quantitative estimate of drug-likeness (QED) is 0.883. The summed E-state index contributed by atoms with van der Waals surface area (Å²) in [7, 11) is 0.858. The Morgan fingerprint density at radius 2 is 2.00 bits per heavy atom. The van der Waals surface area contributed by atoms with Crippen molar-refractivity contribution in [3.63, 3.8) is 0 Å². The van der Waals surface area contributed by atoms with Crippen LogP contribution in [0.15, 0.2) is 30.5 Å². The van der Waals surface area contributed by atoms with Crippen LogP contribution in [0.4, 0.5) is 5.82 Å². The maximum atomic E-state index is 12.4. The Balaban J connectivity index is 2.34. The van der Waals surface area contributed by atoms with Gasteiger partial charge in [-0.3, -0.25) is 9.00 Å². The van der Waals surface area contributed by atoms with Gasteiger partial charge < -0.3 is 10.6 Å². The maximum absolute atomic E-state index is 12.4. The lowest BCUT2D eigenvalue weighted by Crippen LogP contribution is -2.36. The number of pyridine rings is 1. The van der Waals surface area contributed by atoms with E-state index in [-0.39, 0.29) is 11.9 Å². The largest absolute Gasteiger partial charge is 0.373 e. The molecule has 0 aliphatic carbocycles. The molecule has 2 rings (SSSR count). The highest BCUT2D eigenvalue weighted by Gasteiger charge is 2.15. The van der Waals surface area contributed by atoms with E-state index in [0.717, 1.165) is 16.6 Å². The number of amides is 1. The molecule has 1 amide bonds. The first-order valence-electron chi connectivity index (χ1n) is 6.69. The smallest absolute Gasteiger partial charge is 0.253 e. The van der Waals surface area contributed by atoms with Crippen molar-refractivity contribution >= 4 is 33.3 Å². The zero-order valence-corrected chi connectivity index (χ0v) is 13.2. The highest BCUT2D eigenvalue weighted by Crippen LogP contribution is 2.24. The fraction of sp³-hybridized carbons (Fsp3) is 0.333. The summed E-state index contributed by atoms with van der Waals surface area (Å²) in [5.74, 6) is 0.982.